The molecule has 2 heterocycles. The van der Waals surface area contributed by atoms with Gasteiger partial charge in [-0.3, -0.25) is 9.78 Å². The Labute approximate surface area is 170 Å². The van der Waals surface area contributed by atoms with Gasteiger partial charge in [0, 0.05) is 41.2 Å². The molecule has 0 saturated carbocycles. The highest BCUT2D eigenvalue weighted by molar-refractivity contribution is 5.89. The van der Waals surface area contributed by atoms with Gasteiger partial charge in [-0.25, -0.2) is 0 Å². The zero-order valence-electron chi connectivity index (χ0n) is 16.8. The molecule has 0 aliphatic carbocycles. The number of nitrogens with one attached hydrogen (secondary N) is 2. The predicted molar refractivity (Wildman–Crippen MR) is 116 cm³/mol. The average Bonchev–Trinajstić information content (AvgIpc) is 3.17. The second kappa shape index (κ2) is 11.5. The van der Waals surface area contributed by atoms with Crippen LogP contribution in [0, 0.1) is 0 Å². The van der Waals surface area contributed by atoms with E-state index in [4.69, 9.17) is 5.73 Å². The fourth-order valence-electron chi connectivity index (χ4n) is 2.92. The Morgan fingerprint density at radius 1 is 1.28 bits per heavy atom. The summed E-state index contributed by atoms with van der Waals surface area (Å²) < 4.78 is 0. The Bertz CT molecular complexity index is 917. The summed E-state index contributed by atoms with van der Waals surface area (Å²) in [6, 6.07) is 13.5. The van der Waals surface area contributed by atoms with Gasteiger partial charge in [0.05, 0.1) is 13.1 Å². The number of pyridine rings is 1. The molecule has 0 bridgehead atoms. The van der Waals surface area contributed by atoms with Crippen molar-refractivity contribution in [2.24, 2.45) is 5.73 Å². The van der Waals surface area contributed by atoms with Crippen LogP contribution >= 0.6 is 0 Å². The van der Waals surface area contributed by atoms with Crippen LogP contribution in [0.4, 0.5) is 0 Å². The molecule has 152 valence electrons. The average molecular weight is 393 g/mol. The molecular formula is C22H27N5O2. The topological polar surface area (TPSA) is 104 Å². The van der Waals surface area contributed by atoms with E-state index in [2.05, 4.69) is 21.4 Å². The molecule has 3 aromatic rings. The smallest absolute Gasteiger partial charge is 0.241 e. The maximum atomic E-state index is 11.7. The van der Waals surface area contributed by atoms with Crippen molar-refractivity contribution >= 4 is 28.8 Å². The lowest BCUT2D eigenvalue weighted by atomic mass is 10.1. The lowest BCUT2D eigenvalue weighted by molar-refractivity contribution is -0.128. The van der Waals surface area contributed by atoms with Gasteiger partial charge < -0.3 is 25.7 Å². The molecule has 0 saturated heterocycles. The molecule has 3 rings (SSSR count). The molecule has 0 spiro atoms. The van der Waals surface area contributed by atoms with E-state index in [1.165, 1.54) is 16.0 Å². The number of nitrogens with zero attached hydrogens (tertiary/aromatic N) is 2. The van der Waals surface area contributed by atoms with Crippen molar-refractivity contribution in [3.8, 4) is 0 Å². The third-order valence-electron chi connectivity index (χ3n) is 4.21. The lowest BCUT2D eigenvalue weighted by Gasteiger charge is -2.23. The quantitative estimate of drug-likeness (QED) is 0.535. The van der Waals surface area contributed by atoms with Gasteiger partial charge in [0.2, 0.25) is 5.91 Å². The van der Waals surface area contributed by atoms with Gasteiger partial charge in [-0.2, -0.15) is 0 Å². The molecular weight excluding hydrogens is 366 g/mol. The third-order valence-corrected chi connectivity index (χ3v) is 4.21. The van der Waals surface area contributed by atoms with Gasteiger partial charge in [-0.05, 0) is 31.7 Å². The number of rotatable bonds is 7. The first kappa shape index (κ1) is 22.0. The number of carbonyl (C=O) groups excluding carboxylic acids is 2. The number of hydrogen-bond donors (Lipinski definition) is 3. The summed E-state index contributed by atoms with van der Waals surface area (Å²) in [5, 5.41) is 4.26. The third kappa shape index (κ3) is 6.10. The van der Waals surface area contributed by atoms with Crippen LogP contribution in [0.15, 0.2) is 60.9 Å². The first-order valence-corrected chi connectivity index (χ1v) is 9.36. The van der Waals surface area contributed by atoms with Crippen LogP contribution in [-0.2, 0) is 16.1 Å². The molecule has 2 aromatic heterocycles. The lowest BCUT2D eigenvalue weighted by Crippen LogP contribution is -2.36. The fraction of sp³-hybridized carbons (Fsp3) is 0.227. The van der Waals surface area contributed by atoms with E-state index in [0.717, 1.165) is 17.6 Å². The van der Waals surface area contributed by atoms with E-state index in [1.54, 1.807) is 12.3 Å². The number of benzene rings is 1. The molecule has 0 aliphatic heterocycles. The van der Waals surface area contributed by atoms with E-state index >= 15 is 0 Å². The second-order valence-electron chi connectivity index (χ2n) is 6.20. The molecule has 0 atom stereocenters. The number of hydrogen-bond acceptors (Lipinski definition) is 5. The predicted octanol–water partition coefficient (Wildman–Crippen LogP) is 2.32. The van der Waals surface area contributed by atoms with Gasteiger partial charge in [0.25, 0.3) is 0 Å². The number of aromatic amines is 1. The van der Waals surface area contributed by atoms with Gasteiger partial charge in [0.1, 0.15) is 6.29 Å². The summed E-state index contributed by atoms with van der Waals surface area (Å²) in [5.41, 5.74) is 9.27. The SMILES string of the molecule is C/C=C(/c1ccccc1)N(CC=O)C(=O)CN.CNCc1cc2cnccc2[nH]1. The first-order chi connectivity index (χ1) is 14.1. The van der Waals surface area contributed by atoms with Crippen molar-refractivity contribution in [1.29, 1.82) is 0 Å². The van der Waals surface area contributed by atoms with Crippen molar-refractivity contribution in [3.05, 3.63) is 72.2 Å². The molecule has 7 heteroatoms. The number of aromatic nitrogens is 2. The minimum atomic E-state index is -0.269. The van der Waals surface area contributed by atoms with E-state index in [0.29, 0.717) is 12.0 Å². The van der Waals surface area contributed by atoms with Crippen LogP contribution in [0.5, 0.6) is 0 Å². The summed E-state index contributed by atoms with van der Waals surface area (Å²) in [6.07, 6.45) is 6.15. The zero-order valence-corrected chi connectivity index (χ0v) is 16.8. The summed E-state index contributed by atoms with van der Waals surface area (Å²) in [4.78, 5) is 31.0. The van der Waals surface area contributed by atoms with Crippen molar-refractivity contribution < 1.29 is 9.59 Å². The van der Waals surface area contributed by atoms with Crippen molar-refractivity contribution in [2.45, 2.75) is 13.5 Å². The summed E-state index contributed by atoms with van der Waals surface area (Å²) in [6.45, 7) is 2.60. The van der Waals surface area contributed by atoms with Crippen molar-refractivity contribution in [2.75, 3.05) is 20.1 Å². The number of H-pyrrole nitrogens is 1. The molecule has 0 radical (unpaired) electrons. The van der Waals surface area contributed by atoms with Crippen molar-refractivity contribution in [1.82, 2.24) is 20.2 Å². The first-order valence-electron chi connectivity index (χ1n) is 9.36. The molecule has 1 amide bonds. The fourth-order valence-corrected chi connectivity index (χ4v) is 2.92. The summed E-state index contributed by atoms with van der Waals surface area (Å²) >= 11 is 0. The number of fused-ring (bicyclic) bond motifs is 1. The van der Waals surface area contributed by atoms with Crippen LogP contribution in [0.3, 0.4) is 0 Å². The Morgan fingerprint density at radius 3 is 2.62 bits per heavy atom. The maximum Gasteiger partial charge on any atom is 0.241 e. The van der Waals surface area contributed by atoms with Crippen LogP contribution in [0.25, 0.3) is 16.6 Å². The summed E-state index contributed by atoms with van der Waals surface area (Å²) in [5.74, 6) is -0.269. The van der Waals surface area contributed by atoms with Gasteiger partial charge >= 0.3 is 0 Å². The molecule has 0 fully saturated rings. The van der Waals surface area contributed by atoms with Crippen LogP contribution in [0.1, 0.15) is 18.2 Å². The molecule has 4 N–H and O–H groups in total. The molecule has 0 unspecified atom stereocenters. The molecule has 0 aliphatic rings. The normalized spacial score (nSPS) is 10.9. The second-order valence-corrected chi connectivity index (χ2v) is 6.20. The zero-order chi connectivity index (χ0) is 21.1. The standard InChI is InChI=1S/C13H16N2O2.C9H11N3/c1-2-12(11-6-4-3-5-7-11)15(8-9-16)13(17)10-14;1-10-6-8-4-7-5-11-3-2-9(7)12-8/h2-7,9H,8,10,14H2,1H3;2-5,10,12H,6H2,1H3/b12-2-;. The Balaban J connectivity index is 0.000000218. The van der Waals surface area contributed by atoms with Gasteiger partial charge in [-0.1, -0.05) is 36.4 Å². The molecule has 7 nitrogen and oxygen atoms in total. The number of carbonyl (C=O) groups is 2. The number of nitrogens with two attached hydrogens (primary N) is 1. The van der Waals surface area contributed by atoms with Gasteiger partial charge in [-0.15, -0.1) is 0 Å². The van der Waals surface area contributed by atoms with Crippen LogP contribution in [0.2, 0.25) is 0 Å². The van der Waals surface area contributed by atoms with E-state index in [-0.39, 0.29) is 19.0 Å². The van der Waals surface area contributed by atoms with E-state index < -0.39 is 0 Å². The minimum Gasteiger partial charge on any atom is -0.357 e. The van der Waals surface area contributed by atoms with Crippen LogP contribution in [-0.4, -0.2) is 47.2 Å². The summed E-state index contributed by atoms with van der Waals surface area (Å²) in [7, 11) is 1.93. The number of aldehydes is 1. The maximum absolute atomic E-state index is 11.7. The van der Waals surface area contributed by atoms with Crippen LogP contribution < -0.4 is 11.1 Å². The Kier molecular flexibility index (Phi) is 8.75. The number of allylic oxidation sites excluding steroid dienone is 1. The highest BCUT2D eigenvalue weighted by Crippen LogP contribution is 2.18. The minimum absolute atomic E-state index is 0.0185. The van der Waals surface area contributed by atoms with E-state index in [1.807, 2.05) is 56.6 Å². The molecule has 1 aromatic carbocycles. The van der Waals surface area contributed by atoms with E-state index in [9.17, 15) is 9.59 Å². The Morgan fingerprint density at radius 2 is 2.03 bits per heavy atom. The monoisotopic (exact) mass is 393 g/mol. The highest BCUT2D eigenvalue weighted by atomic mass is 16.2. The largest absolute Gasteiger partial charge is 0.357 e. The molecule has 29 heavy (non-hydrogen) atoms. The number of amides is 1. The highest BCUT2D eigenvalue weighted by Gasteiger charge is 2.16. The van der Waals surface area contributed by atoms with Gasteiger partial charge in [0.15, 0.2) is 0 Å². The Hall–Kier alpha value is -3.29. The van der Waals surface area contributed by atoms with Crippen molar-refractivity contribution in [3.63, 3.8) is 0 Å².